The van der Waals surface area contributed by atoms with E-state index in [0.717, 1.165) is 5.39 Å². The summed E-state index contributed by atoms with van der Waals surface area (Å²) >= 11 is 0. The molecular weight excluding hydrogens is 326 g/mol. The van der Waals surface area contributed by atoms with E-state index in [9.17, 15) is 8.42 Å². The molecule has 6 nitrogen and oxygen atoms in total. The fourth-order valence-electron chi connectivity index (χ4n) is 2.61. The second kappa shape index (κ2) is 5.61. The van der Waals surface area contributed by atoms with Gasteiger partial charge in [0.25, 0.3) is 0 Å². The number of nitrogens with zero attached hydrogens (tertiary/aromatic N) is 2. The third-order valence-corrected chi connectivity index (χ3v) is 4.86. The van der Waals surface area contributed by atoms with E-state index in [1.807, 2.05) is 30.3 Å². The lowest BCUT2D eigenvalue weighted by Crippen LogP contribution is -2.15. The first kappa shape index (κ1) is 14.6. The number of sulfonamides is 1. The molecular formula is C17H13N3O3S. The van der Waals surface area contributed by atoms with Crippen molar-refractivity contribution in [3.8, 4) is 0 Å². The first-order chi connectivity index (χ1) is 11.6. The van der Waals surface area contributed by atoms with Crippen molar-refractivity contribution < 1.29 is 12.9 Å². The van der Waals surface area contributed by atoms with Crippen LogP contribution in [0.15, 0.2) is 65.3 Å². The maximum atomic E-state index is 12.5. The number of hydrogen-bond acceptors (Lipinski definition) is 5. The van der Waals surface area contributed by atoms with Gasteiger partial charge < -0.3 is 4.52 Å². The number of fused-ring (bicyclic) bond motifs is 2. The Labute approximate surface area is 138 Å². The molecule has 4 rings (SSSR count). The molecule has 0 saturated heterocycles. The second-order valence-electron chi connectivity index (χ2n) is 5.37. The van der Waals surface area contributed by atoms with Crippen molar-refractivity contribution in [3.63, 3.8) is 0 Å². The third kappa shape index (κ3) is 2.69. The standard InChI is InChI=1S/C17H13N3O3S/c21-24(22,11-15-13-7-1-2-9-16(13)23-19-15)20-14-8-3-5-12-6-4-10-18-17(12)14/h1-10,20H,11H2. The molecule has 0 saturated carbocycles. The molecule has 2 aromatic carbocycles. The maximum Gasteiger partial charge on any atom is 0.238 e. The van der Waals surface area contributed by atoms with Crippen molar-refractivity contribution >= 4 is 37.6 Å². The Hall–Kier alpha value is -2.93. The van der Waals surface area contributed by atoms with Crippen molar-refractivity contribution in [1.29, 1.82) is 0 Å². The number of aromatic nitrogens is 2. The summed E-state index contributed by atoms with van der Waals surface area (Å²) < 4.78 is 32.8. The molecule has 0 radical (unpaired) electrons. The van der Waals surface area contributed by atoms with E-state index >= 15 is 0 Å². The van der Waals surface area contributed by atoms with Gasteiger partial charge in [0.05, 0.1) is 11.2 Å². The van der Waals surface area contributed by atoms with E-state index in [2.05, 4.69) is 14.9 Å². The van der Waals surface area contributed by atoms with Gasteiger partial charge in [0, 0.05) is 17.0 Å². The molecule has 0 atom stereocenters. The molecule has 1 N–H and O–H groups in total. The summed E-state index contributed by atoms with van der Waals surface area (Å²) in [6.45, 7) is 0. The highest BCUT2D eigenvalue weighted by Crippen LogP contribution is 2.24. The van der Waals surface area contributed by atoms with Crippen LogP contribution in [0.1, 0.15) is 5.69 Å². The van der Waals surface area contributed by atoms with E-state index in [-0.39, 0.29) is 5.75 Å². The first-order valence-electron chi connectivity index (χ1n) is 7.30. The van der Waals surface area contributed by atoms with Crippen LogP contribution in [-0.2, 0) is 15.8 Å². The summed E-state index contributed by atoms with van der Waals surface area (Å²) in [6, 6.07) is 16.2. The minimum absolute atomic E-state index is 0.271. The minimum atomic E-state index is -3.65. The Balaban J connectivity index is 1.68. The SMILES string of the molecule is O=S(=O)(Cc1noc2ccccc12)Nc1cccc2cccnc12. The fraction of sp³-hybridized carbons (Fsp3) is 0.0588. The van der Waals surface area contributed by atoms with Crippen LogP contribution in [0.2, 0.25) is 0 Å². The Morgan fingerprint density at radius 1 is 1.00 bits per heavy atom. The summed E-state index contributed by atoms with van der Waals surface area (Å²) in [7, 11) is -3.65. The molecule has 2 heterocycles. The molecule has 7 heteroatoms. The number of pyridine rings is 1. The molecule has 0 unspecified atom stereocenters. The third-order valence-electron chi connectivity index (χ3n) is 3.68. The molecule has 0 aliphatic heterocycles. The number of nitrogens with one attached hydrogen (secondary N) is 1. The van der Waals surface area contributed by atoms with E-state index in [1.165, 1.54) is 0 Å². The second-order valence-corrected chi connectivity index (χ2v) is 7.09. The van der Waals surface area contributed by atoms with E-state index in [1.54, 1.807) is 30.5 Å². The van der Waals surface area contributed by atoms with Crippen molar-refractivity contribution in [2.24, 2.45) is 0 Å². The normalized spacial score (nSPS) is 11.8. The Bertz CT molecular complexity index is 1130. The van der Waals surface area contributed by atoms with Gasteiger partial charge in [-0.2, -0.15) is 0 Å². The van der Waals surface area contributed by atoms with E-state index in [0.29, 0.717) is 27.9 Å². The van der Waals surface area contributed by atoms with Gasteiger partial charge in [-0.25, -0.2) is 8.42 Å². The smallest absolute Gasteiger partial charge is 0.238 e. The fourth-order valence-corrected chi connectivity index (χ4v) is 3.75. The highest BCUT2D eigenvalue weighted by Gasteiger charge is 2.18. The summed E-state index contributed by atoms with van der Waals surface area (Å²) in [5, 5.41) is 5.43. The highest BCUT2D eigenvalue weighted by atomic mass is 32.2. The Kier molecular flexibility index (Phi) is 3.42. The molecule has 0 aliphatic carbocycles. The van der Waals surface area contributed by atoms with Crippen LogP contribution in [0.3, 0.4) is 0 Å². The molecule has 0 fully saturated rings. The molecule has 120 valence electrons. The van der Waals surface area contributed by atoms with Crippen LogP contribution >= 0.6 is 0 Å². The van der Waals surface area contributed by atoms with Crippen molar-refractivity contribution in [1.82, 2.24) is 10.1 Å². The Morgan fingerprint density at radius 2 is 1.83 bits per heavy atom. The maximum absolute atomic E-state index is 12.5. The van der Waals surface area contributed by atoms with Crippen LogP contribution in [0.5, 0.6) is 0 Å². The van der Waals surface area contributed by atoms with Crippen molar-refractivity contribution in [3.05, 3.63) is 66.5 Å². The first-order valence-corrected chi connectivity index (χ1v) is 8.95. The van der Waals surface area contributed by atoms with Gasteiger partial charge in [0.2, 0.25) is 10.0 Å². The molecule has 0 bridgehead atoms. The number of anilines is 1. The van der Waals surface area contributed by atoms with Crippen molar-refractivity contribution in [2.45, 2.75) is 5.75 Å². The van der Waals surface area contributed by atoms with Crippen LogP contribution in [0.4, 0.5) is 5.69 Å². The average molecular weight is 339 g/mol. The zero-order chi connectivity index (χ0) is 16.6. The van der Waals surface area contributed by atoms with E-state index in [4.69, 9.17) is 4.52 Å². The van der Waals surface area contributed by atoms with Gasteiger partial charge in [-0.05, 0) is 24.3 Å². The average Bonchev–Trinajstić information content (AvgIpc) is 2.97. The molecule has 0 aliphatic rings. The molecule has 0 amide bonds. The van der Waals surface area contributed by atoms with Crippen LogP contribution in [0, 0.1) is 0 Å². The zero-order valence-corrected chi connectivity index (χ0v) is 13.3. The van der Waals surface area contributed by atoms with E-state index < -0.39 is 10.0 Å². The summed E-state index contributed by atoms with van der Waals surface area (Å²) in [4.78, 5) is 4.25. The highest BCUT2D eigenvalue weighted by molar-refractivity contribution is 7.91. The minimum Gasteiger partial charge on any atom is -0.356 e. The van der Waals surface area contributed by atoms with Crippen LogP contribution in [0.25, 0.3) is 21.9 Å². The van der Waals surface area contributed by atoms with Gasteiger partial charge in [0.1, 0.15) is 11.4 Å². The molecule has 2 aromatic heterocycles. The van der Waals surface area contributed by atoms with Crippen LogP contribution < -0.4 is 4.72 Å². The number of hydrogen-bond donors (Lipinski definition) is 1. The predicted molar refractivity (Wildman–Crippen MR) is 92.0 cm³/mol. The summed E-state index contributed by atoms with van der Waals surface area (Å²) in [5.74, 6) is -0.271. The number of para-hydroxylation sites is 2. The summed E-state index contributed by atoms with van der Waals surface area (Å²) in [5.41, 5.74) is 2.00. The lowest BCUT2D eigenvalue weighted by Gasteiger charge is -2.09. The monoisotopic (exact) mass is 339 g/mol. The lowest BCUT2D eigenvalue weighted by atomic mass is 10.2. The molecule has 4 aromatic rings. The van der Waals surface area contributed by atoms with Gasteiger partial charge in [-0.1, -0.05) is 35.5 Å². The zero-order valence-electron chi connectivity index (χ0n) is 12.5. The van der Waals surface area contributed by atoms with Gasteiger partial charge in [-0.15, -0.1) is 0 Å². The van der Waals surface area contributed by atoms with Gasteiger partial charge >= 0.3 is 0 Å². The number of rotatable bonds is 4. The van der Waals surface area contributed by atoms with Gasteiger partial charge in [-0.3, -0.25) is 9.71 Å². The van der Waals surface area contributed by atoms with Crippen molar-refractivity contribution in [2.75, 3.05) is 4.72 Å². The van der Waals surface area contributed by atoms with Gasteiger partial charge in [0.15, 0.2) is 5.58 Å². The van der Waals surface area contributed by atoms with Crippen LogP contribution in [-0.4, -0.2) is 18.6 Å². The lowest BCUT2D eigenvalue weighted by molar-refractivity contribution is 0.448. The topological polar surface area (TPSA) is 85.1 Å². The largest absolute Gasteiger partial charge is 0.356 e. The predicted octanol–water partition coefficient (Wildman–Crippen LogP) is 3.32. The summed E-state index contributed by atoms with van der Waals surface area (Å²) in [6.07, 6.45) is 1.63. The number of benzene rings is 2. The quantitative estimate of drug-likeness (QED) is 0.616. The Morgan fingerprint density at radius 3 is 2.75 bits per heavy atom. The molecule has 0 spiro atoms. The molecule has 24 heavy (non-hydrogen) atoms.